The third-order valence-electron chi connectivity index (χ3n) is 4.27. The molecule has 1 saturated carbocycles. The minimum absolute atomic E-state index is 0.107. The zero-order chi connectivity index (χ0) is 13.0. The fourth-order valence-corrected chi connectivity index (χ4v) is 3.06. The Bertz CT molecular complexity index is 383. The van der Waals surface area contributed by atoms with Crippen molar-refractivity contribution in [1.82, 2.24) is 5.32 Å². The molecule has 0 heterocycles. The van der Waals surface area contributed by atoms with Crippen molar-refractivity contribution in [2.24, 2.45) is 5.92 Å². The molecule has 0 radical (unpaired) electrons. The van der Waals surface area contributed by atoms with Gasteiger partial charge in [-0.15, -0.1) is 0 Å². The van der Waals surface area contributed by atoms with E-state index in [1.807, 2.05) is 26.1 Å². The van der Waals surface area contributed by atoms with Gasteiger partial charge in [-0.25, -0.2) is 4.39 Å². The van der Waals surface area contributed by atoms with Crippen LogP contribution in [0.1, 0.15) is 55.7 Å². The van der Waals surface area contributed by atoms with Gasteiger partial charge in [0.05, 0.1) is 0 Å². The highest BCUT2D eigenvalue weighted by atomic mass is 19.1. The average molecular weight is 249 g/mol. The van der Waals surface area contributed by atoms with Crippen LogP contribution in [0.25, 0.3) is 0 Å². The summed E-state index contributed by atoms with van der Waals surface area (Å²) in [5.41, 5.74) is 1.96. The molecule has 1 aliphatic rings. The van der Waals surface area contributed by atoms with E-state index in [1.165, 1.54) is 37.7 Å². The van der Waals surface area contributed by atoms with Crippen LogP contribution in [0.3, 0.4) is 0 Å². The predicted molar refractivity (Wildman–Crippen MR) is 74.1 cm³/mol. The Labute approximate surface area is 110 Å². The summed E-state index contributed by atoms with van der Waals surface area (Å²) in [7, 11) is 2.00. The van der Waals surface area contributed by atoms with Crippen LogP contribution < -0.4 is 5.32 Å². The fourth-order valence-electron chi connectivity index (χ4n) is 3.06. The molecule has 100 valence electrons. The van der Waals surface area contributed by atoms with Gasteiger partial charge in [0, 0.05) is 6.04 Å². The normalized spacial score (nSPS) is 18.2. The van der Waals surface area contributed by atoms with Gasteiger partial charge in [-0.1, -0.05) is 37.8 Å². The summed E-state index contributed by atoms with van der Waals surface area (Å²) >= 11 is 0. The summed E-state index contributed by atoms with van der Waals surface area (Å²) in [5, 5.41) is 3.37. The molecule has 0 aromatic heterocycles. The van der Waals surface area contributed by atoms with E-state index in [-0.39, 0.29) is 5.82 Å². The Morgan fingerprint density at radius 1 is 1.33 bits per heavy atom. The quantitative estimate of drug-likeness (QED) is 0.817. The number of aryl methyl sites for hydroxylation is 1. The first kappa shape index (κ1) is 13.5. The SMILES string of the molecule is CNC(CCC1CCCC1)c1ccc(F)c(C)c1. The number of hydrogen-bond donors (Lipinski definition) is 1. The van der Waals surface area contributed by atoms with Crippen molar-refractivity contribution in [3.8, 4) is 0 Å². The lowest BCUT2D eigenvalue weighted by atomic mass is 9.94. The summed E-state index contributed by atoms with van der Waals surface area (Å²) in [6.07, 6.45) is 8.07. The summed E-state index contributed by atoms with van der Waals surface area (Å²) in [5.74, 6) is 0.812. The maximum atomic E-state index is 13.3. The lowest BCUT2D eigenvalue weighted by Crippen LogP contribution is -2.17. The molecule has 2 rings (SSSR count). The second-order valence-electron chi connectivity index (χ2n) is 5.58. The smallest absolute Gasteiger partial charge is 0.126 e. The lowest BCUT2D eigenvalue weighted by Gasteiger charge is -2.19. The average Bonchev–Trinajstić information content (AvgIpc) is 2.87. The summed E-state index contributed by atoms with van der Waals surface area (Å²) < 4.78 is 13.3. The molecule has 1 aromatic rings. The highest BCUT2D eigenvalue weighted by molar-refractivity contribution is 5.26. The first-order valence-corrected chi connectivity index (χ1v) is 7.14. The van der Waals surface area contributed by atoms with E-state index in [2.05, 4.69) is 5.32 Å². The molecule has 1 aliphatic carbocycles. The van der Waals surface area contributed by atoms with Crippen LogP contribution in [0.2, 0.25) is 0 Å². The highest BCUT2D eigenvalue weighted by Crippen LogP contribution is 2.31. The van der Waals surface area contributed by atoms with E-state index in [0.717, 1.165) is 17.9 Å². The molecule has 1 unspecified atom stereocenters. The van der Waals surface area contributed by atoms with Crippen molar-refractivity contribution in [3.05, 3.63) is 35.1 Å². The third kappa shape index (κ3) is 3.32. The Kier molecular flexibility index (Phi) is 4.76. The largest absolute Gasteiger partial charge is 0.313 e. The third-order valence-corrected chi connectivity index (χ3v) is 4.27. The Morgan fingerprint density at radius 2 is 2.06 bits per heavy atom. The fraction of sp³-hybridized carbons (Fsp3) is 0.625. The minimum atomic E-state index is -0.107. The van der Waals surface area contributed by atoms with Gasteiger partial charge < -0.3 is 5.32 Å². The molecule has 2 heteroatoms. The van der Waals surface area contributed by atoms with Gasteiger partial charge in [0.25, 0.3) is 0 Å². The lowest BCUT2D eigenvalue weighted by molar-refractivity contribution is 0.427. The van der Waals surface area contributed by atoms with Gasteiger partial charge in [0.15, 0.2) is 0 Å². The zero-order valence-electron chi connectivity index (χ0n) is 11.5. The van der Waals surface area contributed by atoms with E-state index in [1.54, 1.807) is 6.07 Å². The van der Waals surface area contributed by atoms with Gasteiger partial charge in [0.2, 0.25) is 0 Å². The topological polar surface area (TPSA) is 12.0 Å². The Morgan fingerprint density at radius 3 is 2.67 bits per heavy atom. The molecular weight excluding hydrogens is 225 g/mol. The molecule has 0 amide bonds. The second-order valence-corrected chi connectivity index (χ2v) is 5.58. The Hall–Kier alpha value is -0.890. The molecule has 1 N–H and O–H groups in total. The van der Waals surface area contributed by atoms with E-state index < -0.39 is 0 Å². The number of nitrogens with one attached hydrogen (secondary N) is 1. The number of rotatable bonds is 5. The van der Waals surface area contributed by atoms with Crippen LogP contribution in [0.4, 0.5) is 4.39 Å². The van der Waals surface area contributed by atoms with Crippen LogP contribution >= 0.6 is 0 Å². The van der Waals surface area contributed by atoms with Gasteiger partial charge in [-0.2, -0.15) is 0 Å². The van der Waals surface area contributed by atoms with Gasteiger partial charge in [-0.05, 0) is 49.9 Å². The maximum absolute atomic E-state index is 13.3. The number of halogens is 1. The first-order valence-electron chi connectivity index (χ1n) is 7.14. The van der Waals surface area contributed by atoms with Crippen molar-refractivity contribution >= 4 is 0 Å². The molecule has 0 saturated heterocycles. The first-order chi connectivity index (χ1) is 8.70. The molecule has 1 atom stereocenters. The van der Waals surface area contributed by atoms with Gasteiger partial charge in [-0.3, -0.25) is 0 Å². The number of benzene rings is 1. The van der Waals surface area contributed by atoms with E-state index in [9.17, 15) is 4.39 Å². The van der Waals surface area contributed by atoms with Crippen LogP contribution in [-0.4, -0.2) is 7.05 Å². The molecule has 0 bridgehead atoms. The molecule has 0 spiro atoms. The second kappa shape index (κ2) is 6.33. The molecule has 18 heavy (non-hydrogen) atoms. The van der Waals surface area contributed by atoms with Crippen LogP contribution in [0, 0.1) is 18.7 Å². The predicted octanol–water partition coefficient (Wildman–Crippen LogP) is 4.37. The molecular formula is C16H24FN. The summed E-state index contributed by atoms with van der Waals surface area (Å²) in [4.78, 5) is 0. The van der Waals surface area contributed by atoms with E-state index in [4.69, 9.17) is 0 Å². The highest BCUT2D eigenvalue weighted by Gasteiger charge is 2.17. The van der Waals surface area contributed by atoms with Gasteiger partial charge >= 0.3 is 0 Å². The van der Waals surface area contributed by atoms with Crippen molar-refractivity contribution in [3.63, 3.8) is 0 Å². The van der Waals surface area contributed by atoms with Gasteiger partial charge in [0.1, 0.15) is 5.82 Å². The Balaban J connectivity index is 1.96. The van der Waals surface area contributed by atoms with Crippen LogP contribution in [0.15, 0.2) is 18.2 Å². The molecule has 1 fully saturated rings. The van der Waals surface area contributed by atoms with Crippen molar-refractivity contribution in [2.45, 2.75) is 51.5 Å². The van der Waals surface area contributed by atoms with E-state index >= 15 is 0 Å². The monoisotopic (exact) mass is 249 g/mol. The van der Waals surface area contributed by atoms with Crippen LogP contribution in [0.5, 0.6) is 0 Å². The number of hydrogen-bond acceptors (Lipinski definition) is 1. The van der Waals surface area contributed by atoms with Crippen LogP contribution in [-0.2, 0) is 0 Å². The standard InChI is InChI=1S/C16H24FN/c1-12-11-14(8-9-15(12)17)16(18-2)10-7-13-5-3-4-6-13/h8-9,11,13,16,18H,3-7,10H2,1-2H3. The maximum Gasteiger partial charge on any atom is 0.126 e. The molecule has 0 aliphatic heterocycles. The zero-order valence-corrected chi connectivity index (χ0v) is 11.5. The summed E-state index contributed by atoms with van der Waals surface area (Å²) in [6, 6.07) is 5.85. The van der Waals surface area contributed by atoms with Crippen molar-refractivity contribution in [2.75, 3.05) is 7.05 Å². The minimum Gasteiger partial charge on any atom is -0.313 e. The van der Waals surface area contributed by atoms with Crippen molar-refractivity contribution in [1.29, 1.82) is 0 Å². The van der Waals surface area contributed by atoms with E-state index in [0.29, 0.717) is 6.04 Å². The van der Waals surface area contributed by atoms with Crippen molar-refractivity contribution < 1.29 is 4.39 Å². The summed E-state index contributed by atoms with van der Waals surface area (Å²) in [6.45, 7) is 1.84. The molecule has 1 aromatic carbocycles. The molecule has 1 nitrogen and oxygen atoms in total.